The summed E-state index contributed by atoms with van der Waals surface area (Å²) in [6.07, 6.45) is 0. The van der Waals surface area contributed by atoms with Gasteiger partial charge in [0.2, 0.25) is 5.91 Å². The number of anilines is 1. The number of hydrogen-bond donors (Lipinski definition) is 0. The molecule has 0 heterocycles. The van der Waals surface area contributed by atoms with Crippen molar-refractivity contribution in [2.24, 2.45) is 5.11 Å². The summed E-state index contributed by atoms with van der Waals surface area (Å²) >= 11 is 0. The Labute approximate surface area is 123 Å². The number of hydrogen-bond acceptors (Lipinski definition) is 4. The number of azide groups is 1. The van der Waals surface area contributed by atoms with E-state index in [9.17, 15) is 9.59 Å². The summed E-state index contributed by atoms with van der Waals surface area (Å²) in [7, 11) is 0. The van der Waals surface area contributed by atoms with Gasteiger partial charge in [0.15, 0.2) is 0 Å². The van der Waals surface area contributed by atoms with E-state index in [1.165, 1.54) is 4.90 Å². The molecule has 1 aromatic rings. The predicted molar refractivity (Wildman–Crippen MR) is 78.7 cm³/mol. The van der Waals surface area contributed by atoms with Crippen molar-refractivity contribution in [3.05, 3.63) is 40.8 Å². The van der Waals surface area contributed by atoms with Gasteiger partial charge < -0.3 is 9.64 Å². The molecular formula is C14H18N4O3. The van der Waals surface area contributed by atoms with Gasteiger partial charge in [0.1, 0.15) is 18.7 Å². The molecule has 0 bridgehead atoms. The number of carbonyl (C=O) groups excluding carboxylic acids is 2. The van der Waals surface area contributed by atoms with E-state index in [1.807, 2.05) is 0 Å². The smallest absolute Gasteiger partial charge is 0.326 e. The van der Waals surface area contributed by atoms with Crippen LogP contribution < -0.4 is 4.90 Å². The molecule has 7 nitrogen and oxygen atoms in total. The minimum absolute atomic E-state index is 0.235. The van der Waals surface area contributed by atoms with E-state index in [0.29, 0.717) is 5.69 Å². The third kappa shape index (κ3) is 5.97. The molecule has 0 aliphatic rings. The van der Waals surface area contributed by atoms with Crippen LogP contribution >= 0.6 is 0 Å². The van der Waals surface area contributed by atoms with Gasteiger partial charge in [-0.15, -0.1) is 0 Å². The lowest BCUT2D eigenvalue weighted by molar-refractivity contribution is -0.153. The Balaban J connectivity index is 2.90. The molecule has 0 saturated heterocycles. The molecule has 7 heteroatoms. The molecular weight excluding hydrogens is 272 g/mol. The van der Waals surface area contributed by atoms with Crippen molar-refractivity contribution < 1.29 is 14.3 Å². The van der Waals surface area contributed by atoms with Crippen molar-refractivity contribution in [3.63, 3.8) is 0 Å². The number of rotatable bonds is 5. The third-order valence-corrected chi connectivity index (χ3v) is 2.35. The molecule has 0 aliphatic heterocycles. The van der Waals surface area contributed by atoms with Crippen LogP contribution in [0.4, 0.5) is 5.69 Å². The number of para-hydroxylation sites is 1. The molecule has 112 valence electrons. The van der Waals surface area contributed by atoms with Crippen LogP contribution in [0.2, 0.25) is 0 Å². The molecule has 1 amide bonds. The van der Waals surface area contributed by atoms with E-state index in [1.54, 1.807) is 51.1 Å². The van der Waals surface area contributed by atoms with Crippen LogP contribution in [-0.2, 0) is 14.3 Å². The largest absolute Gasteiger partial charge is 0.459 e. The second-order valence-corrected chi connectivity index (χ2v) is 5.29. The number of nitrogens with zero attached hydrogens (tertiary/aromatic N) is 4. The van der Waals surface area contributed by atoms with Crippen LogP contribution in [0, 0.1) is 0 Å². The number of amides is 1. The Morgan fingerprint density at radius 2 is 1.90 bits per heavy atom. The molecule has 0 aliphatic carbocycles. The maximum atomic E-state index is 12.1. The quantitative estimate of drug-likeness (QED) is 0.361. The molecule has 0 N–H and O–H groups in total. The van der Waals surface area contributed by atoms with Crippen molar-refractivity contribution in [2.45, 2.75) is 26.4 Å². The Hall–Kier alpha value is -2.53. The first-order valence-electron chi connectivity index (χ1n) is 6.41. The van der Waals surface area contributed by atoms with Crippen molar-refractivity contribution in [2.75, 3.05) is 18.0 Å². The van der Waals surface area contributed by atoms with Crippen LogP contribution in [0.25, 0.3) is 10.4 Å². The van der Waals surface area contributed by atoms with E-state index < -0.39 is 17.5 Å². The maximum absolute atomic E-state index is 12.1. The summed E-state index contributed by atoms with van der Waals surface area (Å²) in [4.78, 5) is 27.7. The number of ether oxygens (including phenoxy) is 1. The van der Waals surface area contributed by atoms with Gasteiger partial charge in [-0.3, -0.25) is 9.59 Å². The highest BCUT2D eigenvalue weighted by molar-refractivity contribution is 5.98. The van der Waals surface area contributed by atoms with E-state index in [0.717, 1.165) is 0 Å². The fourth-order valence-corrected chi connectivity index (χ4v) is 1.61. The first-order chi connectivity index (χ1) is 9.83. The van der Waals surface area contributed by atoms with Crippen molar-refractivity contribution >= 4 is 17.6 Å². The first-order valence-corrected chi connectivity index (χ1v) is 6.41. The van der Waals surface area contributed by atoms with Crippen LogP contribution in [0.15, 0.2) is 35.4 Å². The van der Waals surface area contributed by atoms with Crippen LogP contribution in [0.3, 0.4) is 0 Å². The van der Waals surface area contributed by atoms with E-state index in [4.69, 9.17) is 10.3 Å². The Morgan fingerprint density at radius 3 is 2.43 bits per heavy atom. The molecule has 0 fully saturated rings. The highest BCUT2D eigenvalue weighted by Gasteiger charge is 2.22. The minimum atomic E-state index is -0.632. The summed E-state index contributed by atoms with van der Waals surface area (Å²) in [6.45, 7) is 4.66. The summed E-state index contributed by atoms with van der Waals surface area (Å²) in [5.74, 6) is -0.995. The molecule has 0 aromatic heterocycles. The van der Waals surface area contributed by atoms with Gasteiger partial charge >= 0.3 is 5.97 Å². The lowest BCUT2D eigenvalue weighted by atomic mass is 10.2. The van der Waals surface area contributed by atoms with Crippen LogP contribution in [0.1, 0.15) is 20.8 Å². The Kier molecular flexibility index (Phi) is 5.75. The Bertz CT molecular complexity index is 545. The van der Waals surface area contributed by atoms with Gasteiger partial charge in [-0.25, -0.2) is 0 Å². The molecule has 0 saturated carbocycles. The molecule has 0 unspecified atom stereocenters. The molecule has 0 atom stereocenters. The van der Waals surface area contributed by atoms with E-state index >= 15 is 0 Å². The molecule has 21 heavy (non-hydrogen) atoms. The standard InChI is InChI=1S/C14H18N4O3/c1-14(2,3)21-13(20)10-18(12(19)9-16-17-15)11-7-5-4-6-8-11/h4-8H,9-10H2,1-3H3. The second kappa shape index (κ2) is 7.31. The van der Waals surface area contributed by atoms with Gasteiger partial charge in [-0.05, 0) is 38.4 Å². The SMILES string of the molecule is CC(C)(C)OC(=O)CN(C(=O)CN=[N+]=[N-])c1ccccc1. The maximum Gasteiger partial charge on any atom is 0.326 e. The van der Waals surface area contributed by atoms with Gasteiger partial charge in [-0.2, -0.15) is 0 Å². The molecule has 1 rings (SSSR count). The van der Waals surface area contributed by atoms with Gasteiger partial charge in [0, 0.05) is 10.6 Å². The molecule has 0 spiro atoms. The van der Waals surface area contributed by atoms with Gasteiger partial charge in [0.25, 0.3) is 0 Å². The number of benzene rings is 1. The fraction of sp³-hybridized carbons (Fsp3) is 0.429. The summed E-state index contributed by atoms with van der Waals surface area (Å²) < 4.78 is 5.21. The molecule has 0 radical (unpaired) electrons. The number of carbonyl (C=O) groups is 2. The fourth-order valence-electron chi connectivity index (χ4n) is 1.61. The van der Waals surface area contributed by atoms with Crippen LogP contribution in [-0.4, -0.2) is 30.6 Å². The predicted octanol–water partition coefficient (Wildman–Crippen LogP) is 2.67. The zero-order chi connectivity index (χ0) is 15.9. The zero-order valence-corrected chi connectivity index (χ0v) is 12.3. The highest BCUT2D eigenvalue weighted by Crippen LogP contribution is 2.15. The topological polar surface area (TPSA) is 95.4 Å². The van der Waals surface area contributed by atoms with Gasteiger partial charge in [0.05, 0.1) is 0 Å². The minimum Gasteiger partial charge on any atom is -0.459 e. The van der Waals surface area contributed by atoms with E-state index in [2.05, 4.69) is 10.0 Å². The summed E-state index contributed by atoms with van der Waals surface area (Å²) in [6, 6.07) is 8.68. The van der Waals surface area contributed by atoms with Crippen molar-refractivity contribution in [1.82, 2.24) is 0 Å². The average Bonchev–Trinajstić information content (AvgIpc) is 2.41. The van der Waals surface area contributed by atoms with Crippen molar-refractivity contribution in [3.8, 4) is 0 Å². The second-order valence-electron chi connectivity index (χ2n) is 5.29. The van der Waals surface area contributed by atoms with Crippen molar-refractivity contribution in [1.29, 1.82) is 0 Å². The highest BCUT2D eigenvalue weighted by atomic mass is 16.6. The molecule has 1 aromatic carbocycles. The monoisotopic (exact) mass is 290 g/mol. The zero-order valence-electron chi connectivity index (χ0n) is 12.3. The summed E-state index contributed by atoms with van der Waals surface area (Å²) in [5.41, 5.74) is 8.21. The van der Waals surface area contributed by atoms with Gasteiger partial charge in [-0.1, -0.05) is 23.3 Å². The lowest BCUT2D eigenvalue weighted by Gasteiger charge is -2.25. The normalized spacial score (nSPS) is 10.4. The lowest BCUT2D eigenvalue weighted by Crippen LogP contribution is -2.40. The average molecular weight is 290 g/mol. The number of esters is 1. The Morgan fingerprint density at radius 1 is 1.29 bits per heavy atom. The summed E-state index contributed by atoms with van der Waals surface area (Å²) in [5, 5.41) is 3.24. The third-order valence-electron chi connectivity index (χ3n) is 2.35. The van der Waals surface area contributed by atoms with Crippen LogP contribution in [0.5, 0.6) is 0 Å². The first kappa shape index (κ1) is 16.5. The van der Waals surface area contributed by atoms with E-state index in [-0.39, 0.29) is 13.1 Å².